The average Bonchev–Trinajstić information content (AvgIpc) is 2.81. The predicted molar refractivity (Wildman–Crippen MR) is 117 cm³/mol. The number of hydrogen-bond acceptors (Lipinski definition) is 9. The van der Waals surface area contributed by atoms with Gasteiger partial charge in [0.15, 0.2) is 0 Å². The van der Waals surface area contributed by atoms with Crippen LogP contribution in [0.3, 0.4) is 0 Å². The lowest BCUT2D eigenvalue weighted by atomic mass is 10.0. The van der Waals surface area contributed by atoms with Crippen molar-refractivity contribution in [3.63, 3.8) is 0 Å². The molecule has 1 atom stereocenters. The fourth-order valence-electron chi connectivity index (χ4n) is 3.46. The second-order valence-corrected chi connectivity index (χ2v) is 7.68. The highest BCUT2D eigenvalue weighted by molar-refractivity contribution is 5.80. The van der Waals surface area contributed by atoms with E-state index >= 15 is 0 Å². The number of piperazine rings is 1. The van der Waals surface area contributed by atoms with E-state index in [0.717, 1.165) is 52.0 Å². The highest BCUT2D eigenvalue weighted by Gasteiger charge is 2.22. The molecule has 0 radical (unpaired) electrons. The highest BCUT2D eigenvalue weighted by atomic mass is 16.5. The Hall–Kier alpha value is -2.53. The average molecular weight is 437 g/mol. The third-order valence-corrected chi connectivity index (χ3v) is 5.44. The molecule has 174 valence electrons. The molecule has 2 heterocycles. The Balaban J connectivity index is 2.02. The number of carbonyl (C=O) groups excluding carboxylic acids is 2. The molecule has 31 heavy (non-hydrogen) atoms. The lowest BCUT2D eigenvalue weighted by Gasteiger charge is -2.34. The SMILES string of the molecule is CCCCC[C@H](CN(O)C=O)C(=O)NNc1nc(CC)nc(N2CCN(CC)CC2)n1. The number of nitrogens with one attached hydrogen (secondary N) is 2. The number of aromatic nitrogens is 3. The molecule has 0 saturated carbocycles. The van der Waals surface area contributed by atoms with Gasteiger partial charge >= 0.3 is 0 Å². The molecule has 3 N–H and O–H groups in total. The number of hydrogen-bond donors (Lipinski definition) is 3. The van der Waals surface area contributed by atoms with Crippen LogP contribution in [0.15, 0.2) is 0 Å². The molecule has 2 rings (SSSR count). The monoisotopic (exact) mass is 436 g/mol. The third-order valence-electron chi connectivity index (χ3n) is 5.44. The third kappa shape index (κ3) is 7.91. The van der Waals surface area contributed by atoms with Crippen molar-refractivity contribution in [2.24, 2.45) is 5.92 Å². The van der Waals surface area contributed by atoms with Crippen LogP contribution in [0.1, 0.15) is 52.3 Å². The molecule has 0 bridgehead atoms. The molecule has 1 aliphatic rings. The van der Waals surface area contributed by atoms with Gasteiger partial charge in [-0.05, 0) is 13.0 Å². The summed E-state index contributed by atoms with van der Waals surface area (Å²) in [7, 11) is 0. The maximum Gasteiger partial charge on any atom is 0.246 e. The first-order chi connectivity index (χ1) is 15.0. The van der Waals surface area contributed by atoms with Crippen molar-refractivity contribution in [2.45, 2.75) is 52.9 Å². The highest BCUT2D eigenvalue weighted by Crippen LogP contribution is 2.15. The first-order valence-electron chi connectivity index (χ1n) is 11.2. The Bertz CT molecular complexity index is 697. The predicted octanol–water partition coefficient (Wildman–Crippen LogP) is 1.06. The fraction of sp³-hybridized carbons (Fsp3) is 0.750. The topological polar surface area (TPSA) is 127 Å². The van der Waals surface area contributed by atoms with Crippen LogP contribution in [-0.2, 0) is 16.0 Å². The minimum Gasteiger partial charge on any atom is -0.338 e. The molecule has 1 fully saturated rings. The van der Waals surface area contributed by atoms with Gasteiger partial charge in [0.2, 0.25) is 24.2 Å². The van der Waals surface area contributed by atoms with Crippen molar-refractivity contribution in [1.29, 1.82) is 0 Å². The summed E-state index contributed by atoms with van der Waals surface area (Å²) >= 11 is 0. The number of nitrogens with zero attached hydrogens (tertiary/aromatic N) is 6. The lowest BCUT2D eigenvalue weighted by Crippen LogP contribution is -2.47. The molecule has 1 aromatic heterocycles. The van der Waals surface area contributed by atoms with Crippen LogP contribution in [-0.4, -0.2) is 81.7 Å². The summed E-state index contributed by atoms with van der Waals surface area (Å²) in [4.78, 5) is 41.3. The molecular weight excluding hydrogens is 400 g/mol. The normalized spacial score (nSPS) is 15.4. The molecule has 2 amide bonds. The van der Waals surface area contributed by atoms with Gasteiger partial charge in [-0.15, -0.1) is 0 Å². The molecule has 1 aliphatic heterocycles. The maximum absolute atomic E-state index is 12.7. The van der Waals surface area contributed by atoms with E-state index < -0.39 is 5.92 Å². The molecule has 0 aliphatic carbocycles. The van der Waals surface area contributed by atoms with E-state index in [0.29, 0.717) is 36.1 Å². The van der Waals surface area contributed by atoms with Crippen molar-refractivity contribution in [3.05, 3.63) is 5.82 Å². The molecular formula is C20H36N8O3. The number of unbranched alkanes of at least 4 members (excludes halogenated alkanes) is 2. The quantitative estimate of drug-likeness (QED) is 0.180. The Labute approximate surface area is 184 Å². The standard InChI is InChI=1S/C20H36N8O3/c1-4-7-8-9-16(14-28(31)15-29)18(30)24-25-19-21-17(5-2)22-20(23-19)27-12-10-26(6-3)11-13-27/h15-16,31H,4-14H2,1-3H3,(H,24,30)(H,21,22,23,25)/t16-/m1/s1. The van der Waals surface area contributed by atoms with Crippen LogP contribution < -0.4 is 15.8 Å². The van der Waals surface area contributed by atoms with Crippen molar-refractivity contribution >= 4 is 24.2 Å². The van der Waals surface area contributed by atoms with Crippen LogP contribution in [0.25, 0.3) is 0 Å². The van der Waals surface area contributed by atoms with Gasteiger partial charge in [-0.3, -0.25) is 25.6 Å². The van der Waals surface area contributed by atoms with Gasteiger partial charge in [-0.2, -0.15) is 15.0 Å². The molecule has 1 aromatic rings. The van der Waals surface area contributed by atoms with Gasteiger partial charge in [-0.25, -0.2) is 5.06 Å². The van der Waals surface area contributed by atoms with Crippen molar-refractivity contribution in [3.8, 4) is 0 Å². The second-order valence-electron chi connectivity index (χ2n) is 7.68. The van der Waals surface area contributed by atoms with E-state index in [2.05, 4.69) is 49.5 Å². The van der Waals surface area contributed by atoms with Crippen molar-refractivity contribution < 1.29 is 14.8 Å². The number of hydroxylamine groups is 2. The Kier molecular flexibility index (Phi) is 10.4. The van der Waals surface area contributed by atoms with Gasteiger partial charge in [0.1, 0.15) is 5.82 Å². The molecule has 11 nitrogen and oxygen atoms in total. The smallest absolute Gasteiger partial charge is 0.246 e. The molecule has 0 aromatic carbocycles. The zero-order valence-corrected chi connectivity index (χ0v) is 18.9. The van der Waals surface area contributed by atoms with Crippen molar-refractivity contribution in [1.82, 2.24) is 30.3 Å². The van der Waals surface area contributed by atoms with Gasteiger partial charge in [0, 0.05) is 32.6 Å². The molecule has 11 heteroatoms. The maximum atomic E-state index is 12.7. The van der Waals surface area contributed by atoms with E-state index in [-0.39, 0.29) is 18.4 Å². The minimum absolute atomic E-state index is 0.0644. The number of carbonyl (C=O) groups is 2. The Morgan fingerprint density at radius 3 is 2.52 bits per heavy atom. The summed E-state index contributed by atoms with van der Waals surface area (Å²) in [5.74, 6) is 0.650. The minimum atomic E-state index is -0.539. The first kappa shape index (κ1) is 24.7. The van der Waals surface area contributed by atoms with Gasteiger partial charge < -0.3 is 9.80 Å². The zero-order valence-electron chi connectivity index (χ0n) is 18.9. The fourth-order valence-corrected chi connectivity index (χ4v) is 3.46. The summed E-state index contributed by atoms with van der Waals surface area (Å²) in [6.45, 7) is 10.7. The largest absolute Gasteiger partial charge is 0.338 e. The number of amides is 2. The first-order valence-corrected chi connectivity index (χ1v) is 11.2. The number of hydrazine groups is 1. The Morgan fingerprint density at radius 1 is 1.16 bits per heavy atom. The number of aryl methyl sites for hydroxylation is 1. The van der Waals surface area contributed by atoms with Gasteiger partial charge in [0.05, 0.1) is 12.5 Å². The van der Waals surface area contributed by atoms with E-state index in [1.54, 1.807) is 0 Å². The van der Waals surface area contributed by atoms with Gasteiger partial charge in [-0.1, -0.05) is 40.0 Å². The molecule has 0 unspecified atom stereocenters. The van der Waals surface area contributed by atoms with Crippen LogP contribution >= 0.6 is 0 Å². The number of rotatable bonds is 13. The Morgan fingerprint density at radius 2 is 1.90 bits per heavy atom. The van der Waals surface area contributed by atoms with E-state index in [1.165, 1.54) is 0 Å². The van der Waals surface area contributed by atoms with Crippen LogP contribution in [0, 0.1) is 5.92 Å². The molecule has 0 spiro atoms. The summed E-state index contributed by atoms with van der Waals surface area (Å²) in [5, 5.41) is 10.0. The number of likely N-dealkylation sites (N-methyl/N-ethyl adjacent to an activating group) is 1. The van der Waals surface area contributed by atoms with E-state index in [9.17, 15) is 14.8 Å². The van der Waals surface area contributed by atoms with E-state index in [4.69, 9.17) is 0 Å². The van der Waals surface area contributed by atoms with Crippen LogP contribution in [0.4, 0.5) is 11.9 Å². The number of anilines is 2. The molecule has 1 saturated heterocycles. The summed E-state index contributed by atoms with van der Waals surface area (Å²) < 4.78 is 0. The lowest BCUT2D eigenvalue weighted by molar-refractivity contribution is -0.154. The summed E-state index contributed by atoms with van der Waals surface area (Å²) in [6.07, 6.45) is 4.34. The van der Waals surface area contributed by atoms with E-state index in [1.807, 2.05) is 6.92 Å². The summed E-state index contributed by atoms with van der Waals surface area (Å²) in [5.41, 5.74) is 5.42. The van der Waals surface area contributed by atoms with Crippen LogP contribution in [0.2, 0.25) is 0 Å². The zero-order chi connectivity index (χ0) is 22.6. The summed E-state index contributed by atoms with van der Waals surface area (Å²) in [6, 6.07) is 0. The second kappa shape index (κ2) is 13.0. The van der Waals surface area contributed by atoms with Crippen molar-refractivity contribution in [2.75, 3.05) is 49.6 Å². The van der Waals surface area contributed by atoms with Crippen LogP contribution in [0.5, 0.6) is 0 Å². The van der Waals surface area contributed by atoms with Gasteiger partial charge in [0.25, 0.3) is 0 Å².